The molecule has 3 unspecified atom stereocenters. The first kappa shape index (κ1) is 29.9. The number of hydrogen-bond donors (Lipinski definition) is 0. The second-order valence-electron chi connectivity index (χ2n) is 9.62. The van der Waals surface area contributed by atoms with Crippen LogP contribution in [0.4, 0.5) is 0 Å². The van der Waals surface area contributed by atoms with Gasteiger partial charge in [0.2, 0.25) is 0 Å². The summed E-state index contributed by atoms with van der Waals surface area (Å²) >= 11 is 0. The van der Waals surface area contributed by atoms with Gasteiger partial charge < -0.3 is 16.9 Å². The average molecular weight is 450 g/mol. The van der Waals surface area contributed by atoms with Crippen molar-refractivity contribution in [2.24, 2.45) is 5.92 Å². The van der Waals surface area contributed by atoms with Crippen molar-refractivity contribution in [1.82, 2.24) is 0 Å². The molecule has 0 saturated carbocycles. The van der Waals surface area contributed by atoms with Crippen LogP contribution >= 0.6 is 0 Å². The van der Waals surface area contributed by atoms with E-state index in [1.165, 1.54) is 82.4 Å². The Morgan fingerprint density at radius 3 is 1.97 bits per heavy atom. The molecule has 0 fully saturated rings. The highest BCUT2D eigenvalue weighted by Crippen LogP contribution is 2.24. The SMILES string of the molecule is C=CC(=O)C(C)CC(C)[N+](C)(CCCCCCCCCCCC)Cc1ccccc1.[Cl-]. The molecule has 0 aliphatic carbocycles. The maximum Gasteiger partial charge on any atom is 0.158 e. The van der Waals surface area contributed by atoms with Gasteiger partial charge in [-0.25, -0.2) is 0 Å². The lowest BCUT2D eigenvalue weighted by Gasteiger charge is -2.41. The summed E-state index contributed by atoms with van der Waals surface area (Å²) in [4.78, 5) is 12.1. The molecule has 1 aromatic carbocycles. The molecule has 31 heavy (non-hydrogen) atoms. The van der Waals surface area contributed by atoms with Crippen LogP contribution in [-0.2, 0) is 11.3 Å². The highest BCUT2D eigenvalue weighted by molar-refractivity contribution is 5.90. The van der Waals surface area contributed by atoms with Crippen LogP contribution in [-0.4, -0.2) is 29.9 Å². The zero-order chi connectivity index (χ0) is 22.2. The summed E-state index contributed by atoms with van der Waals surface area (Å²) in [6, 6.07) is 11.3. The van der Waals surface area contributed by atoms with E-state index in [1.54, 1.807) is 0 Å². The summed E-state index contributed by atoms with van der Waals surface area (Å²) in [5, 5.41) is 0. The second-order valence-corrected chi connectivity index (χ2v) is 9.62. The van der Waals surface area contributed by atoms with Gasteiger partial charge in [-0.05, 0) is 25.8 Å². The predicted octanol–water partition coefficient (Wildman–Crippen LogP) is 4.73. The molecule has 0 bridgehead atoms. The molecule has 3 heteroatoms. The largest absolute Gasteiger partial charge is 1.00 e. The molecule has 178 valence electrons. The molecule has 0 aromatic heterocycles. The van der Waals surface area contributed by atoms with Crippen molar-refractivity contribution in [1.29, 1.82) is 0 Å². The standard InChI is InChI=1S/C28H48NO.ClH/c1-6-8-9-10-11-12-13-14-15-19-22-29(5,24-27-20-17-16-18-21-27)26(4)23-25(3)28(30)7-2;/h7,16-18,20-21,25-26H,2,6,8-15,19,22-24H2,1,3-5H3;1H/q+1;/p-1. The third-order valence-corrected chi connectivity index (χ3v) is 6.85. The number of nitrogens with zero attached hydrogens (tertiary/aromatic N) is 1. The van der Waals surface area contributed by atoms with Crippen molar-refractivity contribution >= 4 is 5.78 Å². The van der Waals surface area contributed by atoms with Crippen LogP contribution in [0.15, 0.2) is 43.0 Å². The molecule has 1 rings (SSSR count). The molecular formula is C28H48ClNO. The third-order valence-electron chi connectivity index (χ3n) is 6.85. The predicted molar refractivity (Wildman–Crippen MR) is 131 cm³/mol. The van der Waals surface area contributed by atoms with Crippen molar-refractivity contribution in [2.75, 3.05) is 13.6 Å². The minimum Gasteiger partial charge on any atom is -1.00 e. The number of ketones is 1. The second kappa shape index (κ2) is 17.4. The number of quaternary nitrogens is 1. The van der Waals surface area contributed by atoms with Crippen LogP contribution in [0.3, 0.4) is 0 Å². The quantitative estimate of drug-likeness (QED) is 0.180. The van der Waals surface area contributed by atoms with E-state index in [2.05, 4.69) is 57.8 Å². The topological polar surface area (TPSA) is 17.1 Å². The van der Waals surface area contributed by atoms with Crippen molar-refractivity contribution < 1.29 is 21.7 Å². The van der Waals surface area contributed by atoms with E-state index in [9.17, 15) is 4.79 Å². The van der Waals surface area contributed by atoms with Crippen LogP contribution < -0.4 is 12.4 Å². The van der Waals surface area contributed by atoms with Gasteiger partial charge in [-0.3, -0.25) is 4.79 Å². The summed E-state index contributed by atoms with van der Waals surface area (Å²) < 4.78 is 1.01. The lowest BCUT2D eigenvalue weighted by atomic mass is 9.95. The number of carbonyl (C=O) groups excluding carboxylic acids is 1. The Hall–Kier alpha value is -1.12. The zero-order valence-electron chi connectivity index (χ0n) is 20.8. The number of unbranched alkanes of at least 4 members (excludes halogenated alkanes) is 9. The maximum atomic E-state index is 12.1. The number of hydrogen-bond acceptors (Lipinski definition) is 1. The third kappa shape index (κ3) is 12.5. The molecule has 0 N–H and O–H groups in total. The highest BCUT2D eigenvalue weighted by Gasteiger charge is 2.31. The van der Waals surface area contributed by atoms with Crippen LogP contribution in [0.2, 0.25) is 0 Å². The van der Waals surface area contributed by atoms with E-state index in [0.717, 1.165) is 17.4 Å². The number of carbonyl (C=O) groups is 1. The van der Waals surface area contributed by atoms with Crippen molar-refractivity contribution in [2.45, 2.75) is 104 Å². The van der Waals surface area contributed by atoms with E-state index in [0.29, 0.717) is 6.04 Å². The molecule has 0 amide bonds. The Kier molecular flexibility index (Phi) is 16.8. The van der Waals surface area contributed by atoms with Gasteiger partial charge in [0, 0.05) is 17.9 Å². The Morgan fingerprint density at radius 2 is 1.45 bits per heavy atom. The molecule has 0 spiro atoms. The summed E-state index contributed by atoms with van der Waals surface area (Å²) in [5.74, 6) is 0.227. The van der Waals surface area contributed by atoms with E-state index < -0.39 is 0 Å². The fourth-order valence-corrected chi connectivity index (χ4v) is 4.50. The molecule has 0 aliphatic heterocycles. The van der Waals surface area contributed by atoms with E-state index in [-0.39, 0.29) is 24.1 Å². The summed E-state index contributed by atoms with van der Waals surface area (Å²) in [6.45, 7) is 12.5. The number of benzene rings is 1. The summed E-state index contributed by atoms with van der Waals surface area (Å²) in [7, 11) is 2.39. The molecule has 3 atom stereocenters. The Balaban J connectivity index is 0.00000900. The normalized spacial score (nSPS) is 14.8. The molecule has 1 aromatic rings. The lowest BCUT2D eigenvalue weighted by Crippen LogP contribution is -3.00. The Labute approximate surface area is 199 Å². The number of rotatable bonds is 18. The van der Waals surface area contributed by atoms with Gasteiger partial charge in [0.1, 0.15) is 6.54 Å². The summed E-state index contributed by atoms with van der Waals surface area (Å²) in [5.41, 5.74) is 1.39. The number of allylic oxidation sites excluding steroid dienone is 1. The fraction of sp³-hybridized carbons (Fsp3) is 0.679. The van der Waals surface area contributed by atoms with E-state index in [4.69, 9.17) is 0 Å². The lowest BCUT2D eigenvalue weighted by molar-refractivity contribution is -0.945. The van der Waals surface area contributed by atoms with Crippen molar-refractivity contribution in [3.8, 4) is 0 Å². The van der Waals surface area contributed by atoms with Gasteiger partial charge in [0.25, 0.3) is 0 Å². The molecule has 0 heterocycles. The fourth-order valence-electron chi connectivity index (χ4n) is 4.50. The maximum absolute atomic E-state index is 12.1. The summed E-state index contributed by atoms with van der Waals surface area (Å²) in [6.07, 6.45) is 16.1. The van der Waals surface area contributed by atoms with Gasteiger partial charge in [-0.15, -0.1) is 0 Å². The Morgan fingerprint density at radius 1 is 0.935 bits per heavy atom. The van der Waals surface area contributed by atoms with Crippen LogP contribution in [0, 0.1) is 5.92 Å². The van der Waals surface area contributed by atoms with E-state index >= 15 is 0 Å². The first-order valence-corrected chi connectivity index (χ1v) is 12.5. The highest BCUT2D eigenvalue weighted by atomic mass is 35.5. The van der Waals surface area contributed by atoms with Gasteiger partial charge in [0.15, 0.2) is 5.78 Å². The molecular weight excluding hydrogens is 402 g/mol. The van der Waals surface area contributed by atoms with Crippen LogP contribution in [0.5, 0.6) is 0 Å². The minimum atomic E-state index is 0. The van der Waals surface area contributed by atoms with E-state index in [1.807, 2.05) is 6.92 Å². The van der Waals surface area contributed by atoms with Crippen molar-refractivity contribution in [3.63, 3.8) is 0 Å². The Bertz CT molecular complexity index is 588. The zero-order valence-corrected chi connectivity index (χ0v) is 21.5. The van der Waals surface area contributed by atoms with Crippen LogP contribution in [0.25, 0.3) is 0 Å². The number of halogens is 1. The van der Waals surface area contributed by atoms with Gasteiger partial charge >= 0.3 is 0 Å². The van der Waals surface area contributed by atoms with Gasteiger partial charge in [-0.1, -0.05) is 102 Å². The first-order valence-electron chi connectivity index (χ1n) is 12.5. The average Bonchev–Trinajstić information content (AvgIpc) is 2.75. The molecule has 0 radical (unpaired) electrons. The molecule has 0 aliphatic rings. The van der Waals surface area contributed by atoms with Gasteiger partial charge in [0.05, 0.1) is 19.6 Å². The monoisotopic (exact) mass is 449 g/mol. The smallest absolute Gasteiger partial charge is 0.158 e. The first-order chi connectivity index (χ1) is 14.4. The molecule has 2 nitrogen and oxygen atoms in total. The van der Waals surface area contributed by atoms with Crippen LogP contribution in [0.1, 0.15) is 97.0 Å². The molecule has 0 saturated heterocycles. The van der Waals surface area contributed by atoms with Gasteiger partial charge in [-0.2, -0.15) is 0 Å². The minimum absolute atomic E-state index is 0. The van der Waals surface area contributed by atoms with Crippen molar-refractivity contribution in [3.05, 3.63) is 48.6 Å².